The Morgan fingerprint density at radius 3 is 2.57 bits per heavy atom. The molecule has 0 aliphatic carbocycles. The Hall–Kier alpha value is -1.76. The van der Waals surface area contributed by atoms with E-state index in [1.54, 1.807) is 0 Å². The van der Waals surface area contributed by atoms with Gasteiger partial charge in [-0.2, -0.15) is 4.98 Å². The van der Waals surface area contributed by atoms with Crippen LogP contribution in [0.5, 0.6) is 11.6 Å². The molecule has 0 radical (unpaired) electrons. The lowest BCUT2D eigenvalue weighted by molar-refractivity contribution is 0.395. The van der Waals surface area contributed by atoms with Crippen LogP contribution in [0.25, 0.3) is 0 Å². The highest BCUT2D eigenvalue weighted by Gasteiger charge is 2.15. The molecule has 7 heteroatoms. The zero-order chi connectivity index (χ0) is 15.4. The topological polar surface area (TPSA) is 34.2 Å². The molecule has 2 aromatic rings. The fourth-order valence-corrected chi connectivity index (χ4v) is 1.88. The van der Waals surface area contributed by atoms with Gasteiger partial charge in [0.1, 0.15) is 0 Å². The quantitative estimate of drug-likeness (QED) is 0.825. The van der Waals surface area contributed by atoms with Crippen LogP contribution < -0.4 is 10.1 Å². The monoisotopic (exact) mass is 360 g/mol. The number of pyridine rings is 1. The molecule has 0 saturated carbocycles. The summed E-state index contributed by atoms with van der Waals surface area (Å²) in [5.74, 6) is -3.33. The SMILES string of the molecule is CCCNc1nc(Oc2ccc(Br)cc2F)c(F)cc1F. The zero-order valence-corrected chi connectivity index (χ0v) is 12.7. The van der Waals surface area contributed by atoms with E-state index >= 15 is 0 Å². The predicted molar refractivity (Wildman–Crippen MR) is 77.1 cm³/mol. The number of ether oxygens (including phenoxy) is 1. The number of nitrogens with zero attached hydrogens (tertiary/aromatic N) is 1. The molecule has 1 heterocycles. The number of rotatable bonds is 5. The minimum atomic E-state index is -1.00. The number of aromatic nitrogens is 1. The molecule has 0 saturated heterocycles. The van der Waals surface area contributed by atoms with Crippen LogP contribution in [0.3, 0.4) is 0 Å². The second-order valence-corrected chi connectivity index (χ2v) is 5.13. The van der Waals surface area contributed by atoms with E-state index in [2.05, 4.69) is 26.2 Å². The Balaban J connectivity index is 2.30. The normalized spacial score (nSPS) is 10.5. The molecule has 0 bridgehead atoms. The van der Waals surface area contributed by atoms with Crippen molar-refractivity contribution in [3.63, 3.8) is 0 Å². The van der Waals surface area contributed by atoms with Crippen LogP contribution in [-0.2, 0) is 0 Å². The Morgan fingerprint density at radius 2 is 1.90 bits per heavy atom. The molecule has 2 rings (SSSR count). The summed E-state index contributed by atoms with van der Waals surface area (Å²) in [6.45, 7) is 2.37. The highest BCUT2D eigenvalue weighted by atomic mass is 79.9. The Morgan fingerprint density at radius 1 is 1.14 bits per heavy atom. The Kier molecular flexibility index (Phi) is 5.06. The minimum Gasteiger partial charge on any atom is -0.433 e. The Bertz CT molecular complexity index is 652. The molecule has 1 aromatic carbocycles. The van der Waals surface area contributed by atoms with Crippen molar-refractivity contribution in [3.05, 3.63) is 46.2 Å². The van der Waals surface area contributed by atoms with Crippen molar-refractivity contribution in [2.24, 2.45) is 0 Å². The smallest absolute Gasteiger partial charge is 0.258 e. The lowest BCUT2D eigenvalue weighted by Gasteiger charge is -2.10. The van der Waals surface area contributed by atoms with Crippen LogP contribution in [0.15, 0.2) is 28.7 Å². The zero-order valence-electron chi connectivity index (χ0n) is 11.1. The minimum absolute atomic E-state index is 0.134. The molecule has 1 aromatic heterocycles. The van der Waals surface area contributed by atoms with Gasteiger partial charge < -0.3 is 10.1 Å². The standard InChI is InChI=1S/C14H12BrF3N2O/c1-2-5-19-13-10(17)7-11(18)14(20-13)21-12-4-3-8(15)6-9(12)16/h3-4,6-7H,2,5H2,1H3,(H,19,20). The van der Waals surface area contributed by atoms with E-state index in [1.807, 2.05) is 6.92 Å². The summed E-state index contributed by atoms with van der Waals surface area (Å²) < 4.78 is 46.4. The van der Waals surface area contributed by atoms with Crippen molar-refractivity contribution >= 4 is 21.7 Å². The fourth-order valence-electron chi connectivity index (χ4n) is 1.55. The lowest BCUT2D eigenvalue weighted by Crippen LogP contribution is -2.06. The molecule has 0 spiro atoms. The van der Waals surface area contributed by atoms with Gasteiger partial charge in [-0.15, -0.1) is 0 Å². The molecular weight excluding hydrogens is 349 g/mol. The van der Waals surface area contributed by atoms with Gasteiger partial charge in [0.25, 0.3) is 5.88 Å². The lowest BCUT2D eigenvalue weighted by atomic mass is 10.3. The first kappa shape index (κ1) is 15.6. The number of anilines is 1. The van der Waals surface area contributed by atoms with Crippen molar-refractivity contribution in [2.45, 2.75) is 13.3 Å². The van der Waals surface area contributed by atoms with Gasteiger partial charge in [-0.1, -0.05) is 22.9 Å². The Labute approximate surface area is 128 Å². The fraction of sp³-hybridized carbons (Fsp3) is 0.214. The molecule has 0 atom stereocenters. The van der Waals surface area contributed by atoms with E-state index < -0.39 is 23.3 Å². The van der Waals surface area contributed by atoms with Crippen molar-refractivity contribution in [1.82, 2.24) is 4.98 Å². The third-order valence-electron chi connectivity index (χ3n) is 2.54. The summed E-state index contributed by atoms with van der Waals surface area (Å²) in [7, 11) is 0. The van der Waals surface area contributed by atoms with Crippen LogP contribution in [0, 0.1) is 17.5 Å². The molecule has 0 amide bonds. The van der Waals surface area contributed by atoms with Crippen LogP contribution in [0.4, 0.5) is 19.0 Å². The van der Waals surface area contributed by atoms with Gasteiger partial charge in [0, 0.05) is 17.1 Å². The maximum absolute atomic E-state index is 13.7. The maximum atomic E-state index is 13.7. The summed E-state index contributed by atoms with van der Waals surface area (Å²) in [5.41, 5.74) is 0. The largest absolute Gasteiger partial charge is 0.433 e. The van der Waals surface area contributed by atoms with Crippen LogP contribution in [-0.4, -0.2) is 11.5 Å². The van der Waals surface area contributed by atoms with Crippen molar-refractivity contribution in [3.8, 4) is 11.6 Å². The van der Waals surface area contributed by atoms with Gasteiger partial charge in [0.15, 0.2) is 29.0 Å². The van der Waals surface area contributed by atoms with E-state index in [-0.39, 0.29) is 11.6 Å². The second kappa shape index (κ2) is 6.80. The van der Waals surface area contributed by atoms with Crippen molar-refractivity contribution in [1.29, 1.82) is 0 Å². The third kappa shape index (κ3) is 3.87. The first-order valence-corrected chi connectivity index (χ1v) is 7.03. The van der Waals surface area contributed by atoms with Crippen LogP contribution in [0.1, 0.15) is 13.3 Å². The number of hydrogen-bond acceptors (Lipinski definition) is 3. The van der Waals surface area contributed by atoms with Crippen LogP contribution >= 0.6 is 15.9 Å². The van der Waals surface area contributed by atoms with Gasteiger partial charge >= 0.3 is 0 Å². The molecule has 0 unspecified atom stereocenters. The number of benzene rings is 1. The summed E-state index contributed by atoms with van der Waals surface area (Å²) in [4.78, 5) is 3.71. The maximum Gasteiger partial charge on any atom is 0.258 e. The predicted octanol–water partition coefficient (Wildman–Crippen LogP) is 4.88. The highest BCUT2D eigenvalue weighted by Crippen LogP contribution is 2.29. The molecule has 0 aliphatic heterocycles. The number of halogens is 4. The molecule has 3 nitrogen and oxygen atoms in total. The molecule has 0 aliphatic rings. The summed E-state index contributed by atoms with van der Waals surface area (Å²) in [5, 5.41) is 2.71. The van der Waals surface area contributed by atoms with E-state index in [4.69, 9.17) is 4.74 Å². The summed E-state index contributed by atoms with van der Waals surface area (Å²) in [6, 6.07) is 4.68. The first-order chi connectivity index (χ1) is 10.0. The van der Waals surface area contributed by atoms with E-state index in [0.29, 0.717) is 17.1 Å². The second-order valence-electron chi connectivity index (χ2n) is 4.21. The van der Waals surface area contributed by atoms with E-state index in [0.717, 1.165) is 6.42 Å². The number of nitrogens with one attached hydrogen (secondary N) is 1. The average molecular weight is 361 g/mol. The molecule has 21 heavy (non-hydrogen) atoms. The summed E-state index contributed by atoms with van der Waals surface area (Å²) in [6.07, 6.45) is 0.746. The average Bonchev–Trinajstić information content (AvgIpc) is 2.43. The molecule has 0 fully saturated rings. The molecule has 1 N–H and O–H groups in total. The first-order valence-electron chi connectivity index (χ1n) is 6.24. The van der Waals surface area contributed by atoms with Crippen molar-refractivity contribution in [2.75, 3.05) is 11.9 Å². The highest BCUT2D eigenvalue weighted by molar-refractivity contribution is 9.10. The summed E-state index contributed by atoms with van der Waals surface area (Å²) >= 11 is 3.10. The van der Waals surface area contributed by atoms with E-state index in [9.17, 15) is 13.2 Å². The number of hydrogen-bond donors (Lipinski definition) is 1. The third-order valence-corrected chi connectivity index (χ3v) is 3.03. The van der Waals surface area contributed by atoms with Crippen molar-refractivity contribution < 1.29 is 17.9 Å². The van der Waals surface area contributed by atoms with Crippen LogP contribution in [0.2, 0.25) is 0 Å². The molecule has 112 valence electrons. The molecular formula is C14H12BrF3N2O. The van der Waals surface area contributed by atoms with Gasteiger partial charge in [0.2, 0.25) is 0 Å². The van der Waals surface area contributed by atoms with Gasteiger partial charge in [-0.25, -0.2) is 13.2 Å². The van der Waals surface area contributed by atoms with Gasteiger partial charge in [-0.3, -0.25) is 0 Å². The van der Waals surface area contributed by atoms with E-state index in [1.165, 1.54) is 18.2 Å². The van der Waals surface area contributed by atoms with Gasteiger partial charge in [0.05, 0.1) is 0 Å². The van der Waals surface area contributed by atoms with Gasteiger partial charge in [-0.05, 0) is 24.6 Å².